The molecule has 0 bridgehead atoms. The van der Waals surface area contributed by atoms with Crippen LogP contribution in [-0.4, -0.2) is 16.4 Å². The summed E-state index contributed by atoms with van der Waals surface area (Å²) in [7, 11) is 0. The van der Waals surface area contributed by atoms with Gasteiger partial charge in [-0.3, -0.25) is 4.90 Å². The van der Waals surface area contributed by atoms with Gasteiger partial charge in [-0.25, -0.2) is 4.98 Å². The van der Waals surface area contributed by atoms with Crippen LogP contribution >= 0.6 is 0 Å². The zero-order chi connectivity index (χ0) is 20.5. The Morgan fingerprint density at radius 3 is 2.37 bits per heavy atom. The highest BCUT2D eigenvalue weighted by molar-refractivity contribution is 5.82. The van der Waals surface area contributed by atoms with Gasteiger partial charge in [0, 0.05) is 30.6 Å². The molecule has 0 saturated carbocycles. The molecule has 1 aromatic heterocycles. The van der Waals surface area contributed by atoms with Crippen molar-refractivity contribution in [2.24, 2.45) is 0 Å². The van der Waals surface area contributed by atoms with E-state index in [0.717, 1.165) is 36.6 Å². The molecule has 1 aliphatic rings. The van der Waals surface area contributed by atoms with Crippen molar-refractivity contribution in [1.82, 2.24) is 9.88 Å². The Labute approximate surface area is 178 Å². The van der Waals surface area contributed by atoms with E-state index < -0.39 is 0 Å². The molecule has 0 radical (unpaired) electrons. The van der Waals surface area contributed by atoms with Gasteiger partial charge in [0.1, 0.15) is 6.10 Å². The lowest BCUT2D eigenvalue weighted by Gasteiger charge is -2.24. The molecule has 0 N–H and O–H groups in total. The van der Waals surface area contributed by atoms with E-state index in [4.69, 9.17) is 9.72 Å². The highest BCUT2D eigenvalue weighted by atomic mass is 16.5. The molecule has 0 fully saturated rings. The Bertz CT molecular complexity index is 1170. The average molecular weight is 395 g/mol. The third-order valence-electron chi connectivity index (χ3n) is 5.96. The van der Waals surface area contributed by atoms with Crippen LogP contribution in [0, 0.1) is 13.8 Å². The number of ether oxygens (including phenoxy) is 1. The maximum Gasteiger partial charge on any atom is 0.219 e. The monoisotopic (exact) mass is 394 g/mol. The minimum Gasteiger partial charge on any atom is -0.468 e. The lowest BCUT2D eigenvalue weighted by Crippen LogP contribution is -2.27. The summed E-state index contributed by atoms with van der Waals surface area (Å²) in [6, 6.07) is 27.8. The molecule has 0 spiro atoms. The Balaban J connectivity index is 1.57. The first-order chi connectivity index (χ1) is 14.7. The van der Waals surface area contributed by atoms with Crippen molar-refractivity contribution in [2.75, 3.05) is 6.54 Å². The summed E-state index contributed by atoms with van der Waals surface area (Å²) in [5.41, 5.74) is 7.20. The number of aryl methyl sites for hydroxylation is 2. The lowest BCUT2D eigenvalue weighted by molar-refractivity contribution is 0.140. The summed E-state index contributed by atoms with van der Waals surface area (Å²) in [6.45, 7) is 6.83. The van der Waals surface area contributed by atoms with Crippen LogP contribution < -0.4 is 4.74 Å². The van der Waals surface area contributed by atoms with Crippen molar-refractivity contribution >= 4 is 10.9 Å². The normalized spacial score (nSPS) is 16.7. The van der Waals surface area contributed by atoms with Crippen LogP contribution in [0.4, 0.5) is 0 Å². The van der Waals surface area contributed by atoms with Gasteiger partial charge in [-0.15, -0.1) is 0 Å². The highest BCUT2D eigenvalue weighted by Gasteiger charge is 2.26. The fraction of sp³-hybridized carbons (Fsp3) is 0.222. The van der Waals surface area contributed by atoms with Gasteiger partial charge < -0.3 is 4.74 Å². The molecule has 30 heavy (non-hydrogen) atoms. The molecule has 150 valence electrons. The van der Waals surface area contributed by atoms with E-state index >= 15 is 0 Å². The number of hydrogen-bond acceptors (Lipinski definition) is 3. The second-order valence-electron chi connectivity index (χ2n) is 8.25. The molecular weight excluding hydrogens is 368 g/mol. The molecule has 1 aliphatic heterocycles. The van der Waals surface area contributed by atoms with Gasteiger partial charge >= 0.3 is 0 Å². The second-order valence-corrected chi connectivity index (χ2v) is 8.25. The van der Waals surface area contributed by atoms with Crippen LogP contribution in [0.5, 0.6) is 5.88 Å². The molecule has 3 aromatic carbocycles. The summed E-state index contributed by atoms with van der Waals surface area (Å²) < 4.78 is 6.54. The number of fused-ring (bicyclic) bond motifs is 2. The van der Waals surface area contributed by atoms with Crippen LogP contribution in [0.25, 0.3) is 10.9 Å². The Morgan fingerprint density at radius 1 is 0.900 bits per heavy atom. The fourth-order valence-electron chi connectivity index (χ4n) is 4.20. The first-order valence-electron chi connectivity index (χ1n) is 10.5. The molecule has 0 saturated heterocycles. The van der Waals surface area contributed by atoms with E-state index in [1.807, 2.05) is 6.07 Å². The predicted octanol–water partition coefficient (Wildman–Crippen LogP) is 5.99. The highest BCUT2D eigenvalue weighted by Crippen LogP contribution is 2.33. The van der Waals surface area contributed by atoms with Crippen LogP contribution in [0.2, 0.25) is 0 Å². The molecular formula is C27H26N2O. The Hall–Kier alpha value is -3.17. The number of aromatic nitrogens is 1. The van der Waals surface area contributed by atoms with Gasteiger partial charge in [-0.1, -0.05) is 60.7 Å². The van der Waals surface area contributed by atoms with Gasteiger partial charge in [0.25, 0.3) is 0 Å². The van der Waals surface area contributed by atoms with Gasteiger partial charge in [-0.05, 0) is 54.3 Å². The quantitative estimate of drug-likeness (QED) is 0.427. The van der Waals surface area contributed by atoms with E-state index in [9.17, 15) is 0 Å². The van der Waals surface area contributed by atoms with Crippen LogP contribution in [0.3, 0.4) is 0 Å². The summed E-state index contributed by atoms with van der Waals surface area (Å²) in [5, 5.41) is 1.18. The summed E-state index contributed by atoms with van der Waals surface area (Å²) >= 11 is 0. The third kappa shape index (κ3) is 3.81. The standard InChI is InChI=1S/C27H26N2O/c1-19-13-23-15-24-17-29(16-21-9-5-3-6-10-21)18-26(22-11-7-4-8-12-22)30-27(24)28-25(23)14-20(19)2/h3-15,26H,16-18H2,1-2H3/t26-/m0/s1. The van der Waals surface area contributed by atoms with Crippen molar-refractivity contribution in [3.63, 3.8) is 0 Å². The number of rotatable bonds is 3. The number of hydrogen-bond donors (Lipinski definition) is 0. The smallest absolute Gasteiger partial charge is 0.219 e. The van der Waals surface area contributed by atoms with Crippen LogP contribution in [-0.2, 0) is 13.1 Å². The first-order valence-corrected chi connectivity index (χ1v) is 10.5. The van der Waals surface area contributed by atoms with E-state index in [-0.39, 0.29) is 6.10 Å². The van der Waals surface area contributed by atoms with Crippen molar-refractivity contribution < 1.29 is 4.74 Å². The minimum absolute atomic E-state index is 0.0485. The third-order valence-corrected chi connectivity index (χ3v) is 5.96. The van der Waals surface area contributed by atoms with Gasteiger partial charge in [-0.2, -0.15) is 0 Å². The van der Waals surface area contributed by atoms with Gasteiger partial charge in [0.05, 0.1) is 5.52 Å². The topological polar surface area (TPSA) is 25.4 Å². The van der Waals surface area contributed by atoms with Gasteiger partial charge in [0.2, 0.25) is 5.88 Å². The van der Waals surface area contributed by atoms with E-state index in [0.29, 0.717) is 0 Å². The first kappa shape index (κ1) is 18.8. The van der Waals surface area contributed by atoms with Crippen molar-refractivity contribution in [2.45, 2.75) is 33.0 Å². The number of benzene rings is 3. The average Bonchev–Trinajstić information content (AvgIpc) is 2.93. The van der Waals surface area contributed by atoms with E-state index in [1.165, 1.54) is 27.6 Å². The fourth-order valence-corrected chi connectivity index (χ4v) is 4.20. The molecule has 4 aromatic rings. The van der Waals surface area contributed by atoms with Crippen molar-refractivity contribution in [1.29, 1.82) is 0 Å². The molecule has 5 rings (SSSR count). The Kier molecular flexibility index (Phi) is 4.97. The van der Waals surface area contributed by atoms with E-state index in [2.05, 4.69) is 91.5 Å². The van der Waals surface area contributed by atoms with Crippen molar-refractivity contribution in [3.05, 3.63) is 107 Å². The molecule has 0 amide bonds. The molecule has 1 atom stereocenters. The summed E-state index contributed by atoms with van der Waals surface area (Å²) in [4.78, 5) is 7.41. The molecule has 0 unspecified atom stereocenters. The van der Waals surface area contributed by atoms with E-state index in [1.54, 1.807) is 0 Å². The van der Waals surface area contributed by atoms with Crippen LogP contribution in [0.15, 0.2) is 78.9 Å². The summed E-state index contributed by atoms with van der Waals surface area (Å²) in [6.07, 6.45) is -0.0485. The summed E-state index contributed by atoms with van der Waals surface area (Å²) in [5.74, 6) is 0.759. The van der Waals surface area contributed by atoms with Gasteiger partial charge in [0.15, 0.2) is 0 Å². The lowest BCUT2D eigenvalue weighted by atomic mass is 10.0. The maximum atomic E-state index is 6.54. The number of pyridine rings is 1. The minimum atomic E-state index is -0.0485. The maximum absolute atomic E-state index is 6.54. The van der Waals surface area contributed by atoms with Crippen molar-refractivity contribution in [3.8, 4) is 5.88 Å². The molecule has 3 heteroatoms. The largest absolute Gasteiger partial charge is 0.468 e. The SMILES string of the molecule is Cc1cc2cc3c(nc2cc1C)O[C@H](c1ccccc1)CN(Cc1ccccc1)C3. The zero-order valence-electron chi connectivity index (χ0n) is 17.5. The molecule has 0 aliphatic carbocycles. The number of nitrogens with zero attached hydrogens (tertiary/aromatic N) is 2. The Morgan fingerprint density at radius 2 is 1.60 bits per heavy atom. The van der Waals surface area contributed by atoms with Crippen LogP contribution in [0.1, 0.15) is 33.9 Å². The second kappa shape index (κ2) is 7.92. The predicted molar refractivity (Wildman–Crippen MR) is 122 cm³/mol. The molecule has 3 nitrogen and oxygen atoms in total. The zero-order valence-corrected chi connectivity index (χ0v) is 17.5. The molecule has 2 heterocycles.